The molecule has 3 nitrogen and oxygen atoms in total. The van der Waals surface area contributed by atoms with Gasteiger partial charge < -0.3 is 9.67 Å². The zero-order valence-electron chi connectivity index (χ0n) is 11.2. The first kappa shape index (κ1) is 12.5. The summed E-state index contributed by atoms with van der Waals surface area (Å²) in [6.45, 7) is 2.08. The second-order valence-electron chi connectivity index (χ2n) is 4.86. The normalized spacial score (nSPS) is 12.4. The first-order valence-corrected chi connectivity index (χ1v) is 6.56. The Morgan fingerprint density at radius 2 is 1.70 bits per heavy atom. The molecule has 20 heavy (non-hydrogen) atoms. The van der Waals surface area contributed by atoms with Gasteiger partial charge in [0.05, 0.1) is 11.6 Å². The number of rotatable bonds is 3. The van der Waals surface area contributed by atoms with Crippen LogP contribution in [0.5, 0.6) is 0 Å². The molecule has 0 aliphatic rings. The summed E-state index contributed by atoms with van der Waals surface area (Å²) in [5.74, 6) is -0.889. The van der Waals surface area contributed by atoms with Crippen molar-refractivity contribution in [2.75, 3.05) is 0 Å². The van der Waals surface area contributed by atoms with Crippen LogP contribution in [0.1, 0.15) is 28.9 Å². The fraction of sp³-hybridized carbons (Fsp3) is 0.118. The van der Waals surface area contributed by atoms with E-state index in [1.807, 2.05) is 47.0 Å². The van der Waals surface area contributed by atoms with Crippen LogP contribution >= 0.6 is 0 Å². The van der Waals surface area contributed by atoms with E-state index in [4.69, 9.17) is 0 Å². The number of nitrogens with zero attached hydrogens (tertiary/aromatic N) is 1. The third kappa shape index (κ3) is 1.97. The lowest BCUT2D eigenvalue weighted by atomic mass is 10.1. The first-order chi connectivity index (χ1) is 9.68. The second-order valence-corrected chi connectivity index (χ2v) is 4.86. The highest BCUT2D eigenvalue weighted by atomic mass is 16.4. The predicted molar refractivity (Wildman–Crippen MR) is 79.2 cm³/mol. The van der Waals surface area contributed by atoms with E-state index in [0.717, 1.165) is 16.5 Å². The molecule has 100 valence electrons. The minimum Gasteiger partial charge on any atom is -0.478 e. The predicted octanol–water partition coefficient (Wildman–Crippen LogP) is 3.95. The van der Waals surface area contributed by atoms with Crippen LogP contribution in [0, 0.1) is 0 Å². The van der Waals surface area contributed by atoms with E-state index < -0.39 is 5.97 Å². The van der Waals surface area contributed by atoms with Crippen molar-refractivity contribution < 1.29 is 9.90 Å². The molecule has 1 N–H and O–H groups in total. The van der Waals surface area contributed by atoms with Crippen LogP contribution in [0.15, 0.2) is 60.8 Å². The Morgan fingerprint density at radius 1 is 1.05 bits per heavy atom. The quantitative estimate of drug-likeness (QED) is 0.779. The van der Waals surface area contributed by atoms with Crippen LogP contribution in [0.25, 0.3) is 10.9 Å². The molecule has 3 heteroatoms. The van der Waals surface area contributed by atoms with Crippen molar-refractivity contribution in [3.8, 4) is 0 Å². The molecule has 3 aromatic rings. The van der Waals surface area contributed by atoms with Gasteiger partial charge in [0.25, 0.3) is 0 Å². The Kier molecular flexibility index (Phi) is 3.03. The van der Waals surface area contributed by atoms with Crippen LogP contribution in [0.4, 0.5) is 0 Å². The van der Waals surface area contributed by atoms with Crippen LogP contribution < -0.4 is 0 Å². The lowest BCUT2D eigenvalue weighted by Gasteiger charge is -2.15. The fourth-order valence-electron chi connectivity index (χ4n) is 2.59. The van der Waals surface area contributed by atoms with E-state index in [1.54, 1.807) is 6.20 Å². The molecule has 0 spiro atoms. The molecular formula is C17H15NO2. The van der Waals surface area contributed by atoms with Gasteiger partial charge in [0, 0.05) is 17.1 Å². The van der Waals surface area contributed by atoms with Crippen LogP contribution in [-0.2, 0) is 0 Å². The van der Waals surface area contributed by atoms with Crippen molar-refractivity contribution in [1.82, 2.24) is 4.57 Å². The molecule has 0 saturated carbocycles. The van der Waals surface area contributed by atoms with E-state index in [-0.39, 0.29) is 6.04 Å². The number of fused-ring (bicyclic) bond motifs is 1. The summed E-state index contributed by atoms with van der Waals surface area (Å²) >= 11 is 0. The number of hydrogen-bond acceptors (Lipinski definition) is 1. The number of benzene rings is 2. The lowest BCUT2D eigenvalue weighted by molar-refractivity contribution is 0.0699. The van der Waals surface area contributed by atoms with E-state index >= 15 is 0 Å². The van der Waals surface area contributed by atoms with E-state index in [2.05, 4.69) is 19.1 Å². The third-order valence-corrected chi connectivity index (χ3v) is 3.67. The first-order valence-electron chi connectivity index (χ1n) is 6.56. The van der Waals surface area contributed by atoms with Gasteiger partial charge in [0.15, 0.2) is 0 Å². The van der Waals surface area contributed by atoms with Gasteiger partial charge in [-0.15, -0.1) is 0 Å². The molecule has 0 aliphatic carbocycles. The third-order valence-electron chi connectivity index (χ3n) is 3.67. The summed E-state index contributed by atoms with van der Waals surface area (Å²) in [6.07, 6.45) is 1.73. The summed E-state index contributed by atoms with van der Waals surface area (Å²) in [6, 6.07) is 17.8. The highest BCUT2D eigenvalue weighted by Gasteiger charge is 2.17. The molecule has 2 aromatic carbocycles. The molecule has 0 radical (unpaired) electrons. The molecule has 0 amide bonds. The van der Waals surface area contributed by atoms with Crippen molar-refractivity contribution in [1.29, 1.82) is 0 Å². The number of aromatic nitrogens is 1. The molecular weight excluding hydrogens is 250 g/mol. The minimum atomic E-state index is -0.889. The Morgan fingerprint density at radius 3 is 2.40 bits per heavy atom. The zero-order valence-corrected chi connectivity index (χ0v) is 11.2. The van der Waals surface area contributed by atoms with Gasteiger partial charge in [-0.25, -0.2) is 4.79 Å². The number of para-hydroxylation sites is 1. The van der Waals surface area contributed by atoms with Gasteiger partial charge in [0.1, 0.15) is 0 Å². The van der Waals surface area contributed by atoms with Crippen LogP contribution in [-0.4, -0.2) is 15.6 Å². The Labute approximate surface area is 117 Å². The standard InChI is InChI=1S/C17H15NO2/c1-12(13-7-3-2-4-8-13)18-11-15(17(19)20)14-9-5-6-10-16(14)18/h2-12H,1H3,(H,19,20). The maximum Gasteiger partial charge on any atom is 0.337 e. The molecule has 0 fully saturated rings. The van der Waals surface area contributed by atoms with E-state index in [0.29, 0.717) is 5.56 Å². The fourth-order valence-corrected chi connectivity index (χ4v) is 2.59. The average Bonchev–Trinajstić information content (AvgIpc) is 2.87. The minimum absolute atomic E-state index is 0.0919. The maximum absolute atomic E-state index is 11.4. The van der Waals surface area contributed by atoms with E-state index in [9.17, 15) is 9.90 Å². The van der Waals surface area contributed by atoms with Crippen molar-refractivity contribution >= 4 is 16.9 Å². The molecule has 0 saturated heterocycles. The lowest BCUT2D eigenvalue weighted by Crippen LogP contribution is -2.05. The van der Waals surface area contributed by atoms with Crippen LogP contribution in [0.3, 0.4) is 0 Å². The van der Waals surface area contributed by atoms with Gasteiger partial charge in [-0.05, 0) is 18.6 Å². The summed E-state index contributed by atoms with van der Waals surface area (Å²) in [4.78, 5) is 11.4. The Hall–Kier alpha value is -2.55. The maximum atomic E-state index is 11.4. The molecule has 1 atom stereocenters. The van der Waals surface area contributed by atoms with E-state index in [1.165, 1.54) is 0 Å². The number of carboxylic acid groups (broad SMARTS) is 1. The molecule has 3 rings (SSSR count). The Bertz CT molecular complexity index is 759. The van der Waals surface area contributed by atoms with Crippen LogP contribution in [0.2, 0.25) is 0 Å². The summed E-state index contributed by atoms with van der Waals surface area (Å²) in [7, 11) is 0. The highest BCUT2D eigenvalue weighted by Crippen LogP contribution is 2.27. The topological polar surface area (TPSA) is 42.2 Å². The van der Waals surface area contributed by atoms with Crippen molar-refractivity contribution in [3.63, 3.8) is 0 Å². The average molecular weight is 265 g/mol. The second kappa shape index (κ2) is 4.85. The number of carbonyl (C=O) groups is 1. The number of aromatic carboxylic acids is 1. The molecule has 1 aromatic heterocycles. The molecule has 0 bridgehead atoms. The summed E-state index contributed by atoms with van der Waals surface area (Å²) in [5.41, 5.74) is 2.45. The van der Waals surface area contributed by atoms with Gasteiger partial charge >= 0.3 is 5.97 Å². The van der Waals surface area contributed by atoms with Gasteiger partial charge in [0.2, 0.25) is 0 Å². The largest absolute Gasteiger partial charge is 0.478 e. The zero-order chi connectivity index (χ0) is 14.1. The van der Waals surface area contributed by atoms with Gasteiger partial charge in [-0.1, -0.05) is 48.5 Å². The SMILES string of the molecule is CC(c1ccccc1)n1cc(C(=O)O)c2ccccc21. The highest BCUT2D eigenvalue weighted by molar-refractivity contribution is 6.03. The number of hydrogen-bond donors (Lipinski definition) is 1. The summed E-state index contributed by atoms with van der Waals surface area (Å²) in [5, 5.41) is 10.1. The molecule has 1 unspecified atom stereocenters. The van der Waals surface area contributed by atoms with Gasteiger partial charge in [-0.2, -0.15) is 0 Å². The van der Waals surface area contributed by atoms with Crippen molar-refractivity contribution in [2.45, 2.75) is 13.0 Å². The molecule has 1 heterocycles. The molecule has 0 aliphatic heterocycles. The van der Waals surface area contributed by atoms with Crippen molar-refractivity contribution in [3.05, 3.63) is 71.9 Å². The Balaban J connectivity index is 2.19. The smallest absolute Gasteiger partial charge is 0.337 e. The monoisotopic (exact) mass is 265 g/mol. The van der Waals surface area contributed by atoms with Crippen molar-refractivity contribution in [2.24, 2.45) is 0 Å². The summed E-state index contributed by atoms with van der Waals surface area (Å²) < 4.78 is 2.02. The van der Waals surface area contributed by atoms with Gasteiger partial charge in [-0.3, -0.25) is 0 Å². The number of carboxylic acids is 1.